The van der Waals surface area contributed by atoms with Gasteiger partial charge in [0.1, 0.15) is 13.2 Å². The number of esters is 3. The average Bonchev–Trinajstić information content (AvgIpc) is 3.24. The zero-order valence-corrected chi connectivity index (χ0v) is 40.2. The van der Waals surface area contributed by atoms with E-state index >= 15 is 0 Å². The van der Waals surface area contributed by atoms with E-state index in [1.807, 2.05) is 0 Å². The summed E-state index contributed by atoms with van der Waals surface area (Å²) in [5.41, 5.74) is 0. The first-order valence-corrected chi connectivity index (χ1v) is 26.3. The first kappa shape index (κ1) is 57.9. The molecule has 6 heteroatoms. The van der Waals surface area contributed by atoms with E-state index in [1.165, 1.54) is 180 Å². The van der Waals surface area contributed by atoms with Gasteiger partial charge in [0.2, 0.25) is 0 Å². The average molecular weight is 845 g/mol. The maximum atomic E-state index is 12.8. The van der Waals surface area contributed by atoms with E-state index in [-0.39, 0.29) is 31.1 Å². The van der Waals surface area contributed by atoms with Gasteiger partial charge in [-0.1, -0.05) is 218 Å². The van der Waals surface area contributed by atoms with Crippen LogP contribution in [0.1, 0.15) is 284 Å². The van der Waals surface area contributed by atoms with Gasteiger partial charge in [0.05, 0.1) is 0 Å². The molecule has 6 nitrogen and oxygen atoms in total. The van der Waals surface area contributed by atoms with Crippen molar-refractivity contribution in [3.05, 3.63) is 24.3 Å². The molecule has 0 aliphatic carbocycles. The Bertz CT molecular complexity index is 973. The number of hydrogen-bond donors (Lipinski definition) is 0. The SMILES string of the molecule is CCCCCC/C=C\CCCCCCCCCC(=O)OC(COC(=O)CCCCCCC/C=C\CCCCCCCCCCC)COC(=O)CCCCCCCCCCC. The standard InChI is InChI=1S/C54H100O6/c1-4-7-10-13-16-19-21-23-25-26-27-29-30-32-35-38-41-44-47-53(56)59-50-51(49-58-52(55)46-43-40-37-34-18-15-12-9-6-3)60-54(57)48-45-42-39-36-33-31-28-24-22-20-17-14-11-8-5-2/h20,22,27,29,51H,4-19,21,23-26,28,30-50H2,1-3H3/b22-20-,29-27-. The van der Waals surface area contributed by atoms with Crippen LogP contribution < -0.4 is 0 Å². The minimum absolute atomic E-state index is 0.0725. The van der Waals surface area contributed by atoms with Crippen molar-refractivity contribution >= 4 is 17.9 Å². The van der Waals surface area contributed by atoms with Crippen molar-refractivity contribution < 1.29 is 28.6 Å². The van der Waals surface area contributed by atoms with Gasteiger partial charge in [0.25, 0.3) is 0 Å². The van der Waals surface area contributed by atoms with Crippen LogP contribution in [0.3, 0.4) is 0 Å². The molecule has 0 bridgehead atoms. The summed E-state index contributed by atoms with van der Waals surface area (Å²) in [4.78, 5) is 37.9. The highest BCUT2D eigenvalue weighted by Crippen LogP contribution is 2.15. The normalized spacial score (nSPS) is 12.1. The van der Waals surface area contributed by atoms with E-state index in [4.69, 9.17) is 14.2 Å². The quantitative estimate of drug-likeness (QED) is 0.0263. The third-order valence-electron chi connectivity index (χ3n) is 11.7. The molecule has 0 amide bonds. The van der Waals surface area contributed by atoms with Crippen LogP contribution in [0.4, 0.5) is 0 Å². The van der Waals surface area contributed by atoms with Gasteiger partial charge in [-0.2, -0.15) is 0 Å². The molecule has 1 unspecified atom stereocenters. The lowest BCUT2D eigenvalue weighted by molar-refractivity contribution is -0.167. The molecule has 0 aromatic heterocycles. The van der Waals surface area contributed by atoms with Gasteiger partial charge >= 0.3 is 17.9 Å². The molecule has 0 saturated heterocycles. The van der Waals surface area contributed by atoms with Crippen LogP contribution in [0.25, 0.3) is 0 Å². The van der Waals surface area contributed by atoms with Crippen molar-refractivity contribution in [2.75, 3.05) is 13.2 Å². The van der Waals surface area contributed by atoms with Crippen molar-refractivity contribution in [3.63, 3.8) is 0 Å². The number of carbonyl (C=O) groups is 3. The summed E-state index contributed by atoms with van der Waals surface area (Å²) >= 11 is 0. The molecule has 0 aliphatic rings. The van der Waals surface area contributed by atoms with Crippen LogP contribution in [-0.4, -0.2) is 37.2 Å². The topological polar surface area (TPSA) is 78.9 Å². The summed E-state index contributed by atoms with van der Waals surface area (Å²) in [6.45, 7) is 6.62. The van der Waals surface area contributed by atoms with Gasteiger partial charge in [-0.15, -0.1) is 0 Å². The summed E-state index contributed by atoms with van der Waals surface area (Å²) in [5, 5.41) is 0. The molecule has 0 aromatic rings. The second-order valence-corrected chi connectivity index (χ2v) is 17.8. The number of unbranched alkanes of at least 4 members (excludes halogenated alkanes) is 33. The van der Waals surface area contributed by atoms with Crippen molar-refractivity contribution in [1.29, 1.82) is 0 Å². The molecule has 0 aliphatic heterocycles. The maximum Gasteiger partial charge on any atom is 0.306 e. The molecular formula is C54H100O6. The van der Waals surface area contributed by atoms with Gasteiger partial charge in [-0.05, 0) is 70.6 Å². The van der Waals surface area contributed by atoms with Crippen LogP contribution in [0, 0.1) is 0 Å². The number of rotatable bonds is 48. The number of hydrogen-bond acceptors (Lipinski definition) is 6. The highest BCUT2D eigenvalue weighted by atomic mass is 16.6. The van der Waals surface area contributed by atoms with Gasteiger partial charge in [-0.3, -0.25) is 14.4 Å². The molecule has 0 N–H and O–H groups in total. The minimum Gasteiger partial charge on any atom is -0.462 e. The lowest BCUT2D eigenvalue weighted by Gasteiger charge is -2.18. The van der Waals surface area contributed by atoms with E-state index in [0.717, 1.165) is 64.2 Å². The summed E-state index contributed by atoms with van der Waals surface area (Å²) in [6, 6.07) is 0. The molecule has 0 fully saturated rings. The Morgan fingerprint density at radius 3 is 0.850 bits per heavy atom. The molecule has 0 spiro atoms. The Balaban J connectivity index is 4.29. The van der Waals surface area contributed by atoms with Crippen molar-refractivity contribution in [2.45, 2.75) is 290 Å². The predicted molar refractivity (Wildman–Crippen MR) is 256 cm³/mol. The fourth-order valence-corrected chi connectivity index (χ4v) is 7.67. The highest BCUT2D eigenvalue weighted by molar-refractivity contribution is 5.71. The number of carbonyl (C=O) groups excluding carboxylic acids is 3. The Morgan fingerprint density at radius 2 is 0.550 bits per heavy atom. The molecule has 0 aromatic carbocycles. The number of allylic oxidation sites excluding steroid dienone is 4. The Morgan fingerprint density at radius 1 is 0.317 bits per heavy atom. The Labute approximate surface area is 373 Å². The zero-order valence-electron chi connectivity index (χ0n) is 40.2. The van der Waals surface area contributed by atoms with Crippen molar-refractivity contribution in [2.24, 2.45) is 0 Å². The smallest absolute Gasteiger partial charge is 0.306 e. The summed E-state index contributed by atoms with van der Waals surface area (Å²) in [5.74, 6) is -0.876. The Kier molecular flexibility index (Phi) is 47.8. The first-order chi connectivity index (χ1) is 29.5. The zero-order chi connectivity index (χ0) is 43.7. The third-order valence-corrected chi connectivity index (χ3v) is 11.7. The summed E-state index contributed by atoms with van der Waals surface area (Å²) < 4.78 is 16.8. The maximum absolute atomic E-state index is 12.8. The Hall–Kier alpha value is -2.11. The van der Waals surface area contributed by atoms with Crippen LogP contribution in [-0.2, 0) is 28.6 Å². The van der Waals surface area contributed by atoms with E-state index in [1.54, 1.807) is 0 Å². The molecule has 0 rings (SSSR count). The molecule has 352 valence electrons. The van der Waals surface area contributed by atoms with Gasteiger partial charge in [0.15, 0.2) is 6.10 Å². The molecule has 0 radical (unpaired) electrons. The predicted octanol–water partition coefficient (Wildman–Crippen LogP) is 17.2. The van der Waals surface area contributed by atoms with E-state index in [0.29, 0.717) is 19.3 Å². The lowest BCUT2D eigenvalue weighted by Crippen LogP contribution is -2.30. The fraction of sp³-hybridized carbons (Fsp3) is 0.870. The van der Waals surface area contributed by atoms with E-state index in [2.05, 4.69) is 45.1 Å². The molecule has 0 saturated carbocycles. The van der Waals surface area contributed by atoms with Gasteiger partial charge < -0.3 is 14.2 Å². The largest absolute Gasteiger partial charge is 0.462 e. The molecule has 1 atom stereocenters. The van der Waals surface area contributed by atoms with Crippen molar-refractivity contribution in [3.8, 4) is 0 Å². The monoisotopic (exact) mass is 845 g/mol. The summed E-state index contributed by atoms with van der Waals surface area (Å²) in [7, 11) is 0. The summed E-state index contributed by atoms with van der Waals surface area (Å²) in [6.07, 6.45) is 55.9. The lowest BCUT2D eigenvalue weighted by atomic mass is 10.1. The van der Waals surface area contributed by atoms with Crippen LogP contribution in [0.15, 0.2) is 24.3 Å². The first-order valence-electron chi connectivity index (χ1n) is 26.3. The second kappa shape index (κ2) is 49.5. The minimum atomic E-state index is -0.771. The van der Waals surface area contributed by atoms with Crippen LogP contribution in [0.2, 0.25) is 0 Å². The van der Waals surface area contributed by atoms with Crippen molar-refractivity contribution in [1.82, 2.24) is 0 Å². The third kappa shape index (κ3) is 46.9. The second-order valence-electron chi connectivity index (χ2n) is 17.8. The van der Waals surface area contributed by atoms with E-state index < -0.39 is 6.10 Å². The van der Waals surface area contributed by atoms with Crippen LogP contribution in [0.5, 0.6) is 0 Å². The highest BCUT2D eigenvalue weighted by Gasteiger charge is 2.19. The van der Waals surface area contributed by atoms with Gasteiger partial charge in [0, 0.05) is 19.3 Å². The molecule has 60 heavy (non-hydrogen) atoms. The molecule has 0 heterocycles. The van der Waals surface area contributed by atoms with E-state index in [9.17, 15) is 14.4 Å². The molecular weight excluding hydrogens is 745 g/mol. The van der Waals surface area contributed by atoms with Gasteiger partial charge in [-0.25, -0.2) is 0 Å². The fourth-order valence-electron chi connectivity index (χ4n) is 7.67. The number of ether oxygens (including phenoxy) is 3. The van der Waals surface area contributed by atoms with Crippen LogP contribution >= 0.6 is 0 Å².